The maximum Gasteiger partial charge on any atom is 0.416 e. The van der Waals surface area contributed by atoms with Crippen molar-refractivity contribution in [3.05, 3.63) is 41.7 Å². The van der Waals surface area contributed by atoms with Crippen LogP contribution < -0.4 is 0 Å². The molecule has 0 radical (unpaired) electrons. The minimum absolute atomic E-state index is 0.0671. The Labute approximate surface area is 173 Å². The molecule has 1 aliphatic rings. The molecule has 1 amide bonds. The Morgan fingerprint density at radius 2 is 2.00 bits per heavy atom. The van der Waals surface area contributed by atoms with Crippen molar-refractivity contribution in [2.45, 2.75) is 38.4 Å². The summed E-state index contributed by atoms with van der Waals surface area (Å²) in [5, 5.41) is 10.8. The summed E-state index contributed by atoms with van der Waals surface area (Å²) in [6, 6.07) is 5.56. The number of hydrogen-bond acceptors (Lipinski definition) is 5. The summed E-state index contributed by atoms with van der Waals surface area (Å²) in [7, 11) is 1.82. The zero-order valence-corrected chi connectivity index (χ0v) is 17.1. The highest BCUT2D eigenvalue weighted by Crippen LogP contribution is 2.29. The van der Waals surface area contributed by atoms with Crippen LogP contribution in [-0.2, 0) is 23.9 Å². The van der Waals surface area contributed by atoms with Crippen molar-refractivity contribution in [2.75, 3.05) is 33.2 Å². The first-order chi connectivity index (χ1) is 14.3. The van der Waals surface area contributed by atoms with Gasteiger partial charge in [0.1, 0.15) is 6.33 Å². The summed E-state index contributed by atoms with van der Waals surface area (Å²) >= 11 is 0. The molecule has 30 heavy (non-hydrogen) atoms. The maximum absolute atomic E-state index is 12.8. The van der Waals surface area contributed by atoms with Crippen LogP contribution in [0.2, 0.25) is 0 Å². The molecule has 0 spiro atoms. The van der Waals surface area contributed by atoms with Crippen molar-refractivity contribution in [1.82, 2.24) is 30.0 Å². The highest BCUT2D eigenvalue weighted by molar-refractivity contribution is 5.75. The Bertz CT molecular complexity index is 803. The third kappa shape index (κ3) is 6.51. The van der Waals surface area contributed by atoms with Gasteiger partial charge in [-0.25, -0.2) is 4.68 Å². The number of carbonyl (C=O) groups excluding carboxylic acids is 1. The summed E-state index contributed by atoms with van der Waals surface area (Å²) in [4.78, 5) is 16.3. The minimum Gasteiger partial charge on any atom is -0.345 e. The number of tetrazole rings is 1. The van der Waals surface area contributed by atoms with Crippen LogP contribution in [0.5, 0.6) is 0 Å². The van der Waals surface area contributed by atoms with Gasteiger partial charge < -0.3 is 9.80 Å². The summed E-state index contributed by atoms with van der Waals surface area (Å²) in [6.07, 6.45) is 0.105. The molecule has 0 atom stereocenters. The van der Waals surface area contributed by atoms with E-state index in [-0.39, 0.29) is 5.91 Å². The van der Waals surface area contributed by atoms with Crippen LogP contribution in [0.3, 0.4) is 0 Å². The second kappa shape index (κ2) is 10.0. The summed E-state index contributed by atoms with van der Waals surface area (Å²) in [6.45, 7) is 3.72. The first-order valence-corrected chi connectivity index (χ1v) is 10.1. The van der Waals surface area contributed by atoms with E-state index >= 15 is 0 Å². The number of halogens is 3. The van der Waals surface area contributed by atoms with E-state index in [1.54, 1.807) is 11.0 Å². The molecule has 1 aromatic carbocycles. The van der Waals surface area contributed by atoms with Gasteiger partial charge in [0.2, 0.25) is 5.91 Å². The Morgan fingerprint density at radius 3 is 2.67 bits per heavy atom. The first-order valence-electron chi connectivity index (χ1n) is 10.1. The molecule has 7 nitrogen and oxygen atoms in total. The molecule has 2 heterocycles. The van der Waals surface area contributed by atoms with E-state index in [1.165, 1.54) is 23.1 Å². The molecule has 1 saturated heterocycles. The number of piperidine rings is 1. The molecular formula is C20H27F3N6O. The van der Waals surface area contributed by atoms with Gasteiger partial charge in [0, 0.05) is 26.6 Å². The Hall–Kier alpha value is -2.49. The van der Waals surface area contributed by atoms with Crippen molar-refractivity contribution in [1.29, 1.82) is 0 Å². The third-order valence-electron chi connectivity index (χ3n) is 5.58. The van der Waals surface area contributed by atoms with E-state index in [0.717, 1.165) is 45.1 Å². The van der Waals surface area contributed by atoms with E-state index in [0.29, 0.717) is 30.9 Å². The van der Waals surface area contributed by atoms with Gasteiger partial charge in [0.05, 0.1) is 12.1 Å². The van der Waals surface area contributed by atoms with Crippen LogP contribution in [0, 0.1) is 5.92 Å². The molecule has 1 aromatic heterocycles. The van der Waals surface area contributed by atoms with Gasteiger partial charge in [-0.15, -0.1) is 5.10 Å². The number of carbonyl (C=O) groups is 1. The van der Waals surface area contributed by atoms with Crippen LogP contribution in [0.1, 0.15) is 30.4 Å². The van der Waals surface area contributed by atoms with Crippen LogP contribution in [-0.4, -0.2) is 69.1 Å². The van der Waals surface area contributed by atoms with Gasteiger partial charge in [0.25, 0.3) is 0 Å². The zero-order chi connectivity index (χ0) is 21.6. The molecule has 0 saturated carbocycles. The number of nitrogens with zero attached hydrogens (tertiary/aromatic N) is 6. The molecular weight excluding hydrogens is 397 g/mol. The van der Waals surface area contributed by atoms with E-state index in [4.69, 9.17) is 0 Å². The monoisotopic (exact) mass is 424 g/mol. The van der Waals surface area contributed by atoms with Gasteiger partial charge in [-0.1, -0.05) is 18.2 Å². The second-order valence-corrected chi connectivity index (χ2v) is 7.83. The lowest BCUT2D eigenvalue weighted by atomic mass is 9.95. The van der Waals surface area contributed by atoms with E-state index in [2.05, 4.69) is 20.4 Å². The molecule has 1 aliphatic heterocycles. The molecule has 1 fully saturated rings. The summed E-state index contributed by atoms with van der Waals surface area (Å²) < 4.78 is 40.1. The smallest absolute Gasteiger partial charge is 0.345 e. The molecule has 0 aliphatic carbocycles. The van der Waals surface area contributed by atoms with Gasteiger partial charge in [-0.2, -0.15) is 13.2 Å². The van der Waals surface area contributed by atoms with E-state index in [1.807, 2.05) is 7.05 Å². The maximum atomic E-state index is 12.8. The number of aromatic nitrogens is 4. The van der Waals surface area contributed by atoms with Crippen LogP contribution in [0.25, 0.3) is 0 Å². The number of benzene rings is 1. The number of likely N-dealkylation sites (tertiary alicyclic amines) is 1. The van der Waals surface area contributed by atoms with Crippen molar-refractivity contribution in [3.63, 3.8) is 0 Å². The Morgan fingerprint density at radius 1 is 1.23 bits per heavy atom. The van der Waals surface area contributed by atoms with Crippen molar-refractivity contribution in [3.8, 4) is 0 Å². The van der Waals surface area contributed by atoms with Crippen LogP contribution in [0.4, 0.5) is 13.2 Å². The van der Waals surface area contributed by atoms with Crippen molar-refractivity contribution < 1.29 is 18.0 Å². The number of hydrogen-bond donors (Lipinski definition) is 0. The topological polar surface area (TPSA) is 67.2 Å². The SMILES string of the molecule is CN(CC1CCN(CCc2cccc(C(F)(F)F)c2)CC1)C(=O)CCn1cnnn1. The Kier molecular flexibility index (Phi) is 7.41. The average Bonchev–Trinajstić information content (AvgIpc) is 3.25. The standard InChI is InChI=1S/C20H27F3N6O/c1-27(19(30)8-12-29-15-24-25-26-29)14-17-6-10-28(11-7-17)9-5-16-3-2-4-18(13-16)20(21,22)23/h2-4,13,15,17H,5-12,14H2,1H3. The van der Waals surface area contributed by atoms with E-state index < -0.39 is 11.7 Å². The molecule has 0 N–H and O–H groups in total. The normalized spacial score (nSPS) is 16.0. The summed E-state index contributed by atoms with van der Waals surface area (Å²) in [5.41, 5.74) is 0.117. The van der Waals surface area contributed by atoms with Gasteiger partial charge in [-0.05, 0) is 60.3 Å². The first kappa shape index (κ1) is 22.2. The van der Waals surface area contributed by atoms with Crippen molar-refractivity contribution >= 4 is 5.91 Å². The number of aryl methyl sites for hydroxylation is 1. The predicted molar refractivity (Wildman–Crippen MR) is 104 cm³/mol. The highest BCUT2D eigenvalue weighted by atomic mass is 19.4. The second-order valence-electron chi connectivity index (χ2n) is 7.83. The molecule has 0 bridgehead atoms. The van der Waals surface area contributed by atoms with Gasteiger partial charge >= 0.3 is 6.18 Å². The molecule has 164 valence electrons. The quantitative estimate of drug-likeness (QED) is 0.652. The zero-order valence-electron chi connectivity index (χ0n) is 17.1. The number of alkyl halides is 3. The third-order valence-corrected chi connectivity index (χ3v) is 5.58. The van der Waals surface area contributed by atoms with Crippen LogP contribution in [0.15, 0.2) is 30.6 Å². The lowest BCUT2D eigenvalue weighted by Crippen LogP contribution is -2.40. The highest BCUT2D eigenvalue weighted by Gasteiger charge is 2.30. The molecule has 10 heteroatoms. The van der Waals surface area contributed by atoms with Gasteiger partial charge in [0.15, 0.2) is 0 Å². The Balaban J connectivity index is 1.37. The van der Waals surface area contributed by atoms with Gasteiger partial charge in [-0.3, -0.25) is 4.79 Å². The molecule has 3 rings (SSSR count). The summed E-state index contributed by atoms with van der Waals surface area (Å²) in [5.74, 6) is 0.509. The fraction of sp³-hybridized carbons (Fsp3) is 0.600. The largest absolute Gasteiger partial charge is 0.416 e. The van der Waals surface area contributed by atoms with Crippen LogP contribution >= 0.6 is 0 Å². The molecule has 2 aromatic rings. The fourth-order valence-electron chi connectivity index (χ4n) is 3.76. The fourth-order valence-corrected chi connectivity index (χ4v) is 3.76. The minimum atomic E-state index is -4.30. The number of rotatable bonds is 8. The van der Waals surface area contributed by atoms with Crippen molar-refractivity contribution in [2.24, 2.45) is 5.92 Å². The average molecular weight is 424 g/mol. The predicted octanol–water partition coefficient (Wildman–Crippen LogP) is 2.50. The molecule has 0 unspecified atom stereocenters. The lowest BCUT2D eigenvalue weighted by molar-refractivity contribution is -0.137. The van der Waals surface area contributed by atoms with E-state index in [9.17, 15) is 18.0 Å². The number of amides is 1. The lowest BCUT2D eigenvalue weighted by Gasteiger charge is -2.34.